The van der Waals surface area contributed by atoms with Gasteiger partial charge in [0.2, 0.25) is 0 Å². The van der Waals surface area contributed by atoms with E-state index >= 15 is 0 Å². The Balaban J connectivity index is 1.46. The highest BCUT2D eigenvalue weighted by Crippen LogP contribution is 2.35. The van der Waals surface area contributed by atoms with E-state index in [4.69, 9.17) is 37.4 Å². The van der Waals surface area contributed by atoms with Crippen molar-refractivity contribution in [3.05, 3.63) is 92.8 Å². The number of thioether (sulfide) groups is 1. The van der Waals surface area contributed by atoms with Gasteiger partial charge in [0.05, 0.1) is 29.1 Å². The van der Waals surface area contributed by atoms with E-state index in [1.165, 1.54) is 7.11 Å². The van der Waals surface area contributed by atoms with Gasteiger partial charge in [-0.15, -0.1) is 0 Å². The van der Waals surface area contributed by atoms with Gasteiger partial charge in [0.15, 0.2) is 11.5 Å². The van der Waals surface area contributed by atoms with Crippen molar-refractivity contribution in [3.8, 4) is 17.2 Å². The summed E-state index contributed by atoms with van der Waals surface area (Å²) in [7, 11) is 1.45. The molecule has 1 aliphatic heterocycles. The number of hydrogen-bond acceptors (Lipinski definition) is 7. The van der Waals surface area contributed by atoms with Crippen molar-refractivity contribution in [1.82, 2.24) is 4.90 Å². The summed E-state index contributed by atoms with van der Waals surface area (Å²) in [5.41, 5.74) is 0.861. The van der Waals surface area contributed by atoms with Crippen LogP contribution in [-0.4, -0.2) is 42.3 Å². The molecule has 3 aromatic rings. The van der Waals surface area contributed by atoms with Crippen LogP contribution in [0, 0.1) is 0 Å². The molecule has 0 N–H and O–H groups in total. The molecule has 1 aliphatic rings. The largest absolute Gasteiger partial charge is 0.493 e. The first-order valence-electron chi connectivity index (χ1n) is 10.6. The van der Waals surface area contributed by atoms with E-state index in [2.05, 4.69) is 0 Å². The average molecular weight is 544 g/mol. The van der Waals surface area contributed by atoms with Crippen molar-refractivity contribution in [1.29, 1.82) is 0 Å². The molecule has 0 aliphatic carbocycles. The molecule has 1 saturated heterocycles. The summed E-state index contributed by atoms with van der Waals surface area (Å²) >= 11 is 12.8. The van der Waals surface area contributed by atoms with Crippen LogP contribution in [-0.2, 0) is 4.79 Å². The maximum Gasteiger partial charge on any atom is 0.343 e. The molecule has 0 radical (unpaired) electrons. The fourth-order valence-corrected chi connectivity index (χ4v) is 4.44. The predicted molar refractivity (Wildman–Crippen MR) is 139 cm³/mol. The molecule has 36 heavy (non-hydrogen) atoms. The Bertz CT molecular complexity index is 1340. The summed E-state index contributed by atoms with van der Waals surface area (Å²) in [5, 5.41) is 0.533. The lowest BCUT2D eigenvalue weighted by molar-refractivity contribution is -0.123. The van der Waals surface area contributed by atoms with Crippen LogP contribution in [0.15, 0.2) is 71.6 Å². The minimum absolute atomic E-state index is 0.0692. The Kier molecular flexibility index (Phi) is 8.20. The van der Waals surface area contributed by atoms with Gasteiger partial charge in [0, 0.05) is 5.02 Å². The molecule has 3 aromatic carbocycles. The molecule has 0 aromatic heterocycles. The number of rotatable bonds is 8. The zero-order valence-corrected chi connectivity index (χ0v) is 21.2. The third-order valence-corrected chi connectivity index (χ3v) is 6.52. The van der Waals surface area contributed by atoms with Crippen molar-refractivity contribution >= 4 is 58.2 Å². The molecule has 4 rings (SSSR count). The zero-order valence-electron chi connectivity index (χ0n) is 18.9. The number of hydrogen-bond donors (Lipinski definition) is 0. The number of carbonyl (C=O) groups is 3. The topological polar surface area (TPSA) is 82.1 Å². The van der Waals surface area contributed by atoms with Crippen LogP contribution in [0.2, 0.25) is 10.0 Å². The molecule has 0 bridgehead atoms. The fraction of sp³-hybridized carbons (Fsp3) is 0.115. The number of amides is 2. The number of ether oxygens (including phenoxy) is 3. The van der Waals surface area contributed by atoms with Crippen LogP contribution in [0.25, 0.3) is 6.08 Å². The standard InChI is InChI=1S/C26H19Cl2NO6S/c1-33-21-11-6-16(14-22(21)35-25(31)17-7-9-18(27)10-8-17)15-23-24(30)29(26(32)36-23)12-13-34-20-5-3-2-4-19(20)28/h2-11,14-15H,12-13H2,1H3/b23-15-. The molecule has 10 heteroatoms. The van der Waals surface area contributed by atoms with Crippen LogP contribution in [0.4, 0.5) is 4.79 Å². The molecular weight excluding hydrogens is 525 g/mol. The summed E-state index contributed by atoms with van der Waals surface area (Å²) < 4.78 is 16.4. The molecule has 7 nitrogen and oxygen atoms in total. The summed E-state index contributed by atoms with van der Waals surface area (Å²) in [4.78, 5) is 39.2. The van der Waals surface area contributed by atoms with Crippen molar-refractivity contribution < 1.29 is 28.6 Å². The van der Waals surface area contributed by atoms with Gasteiger partial charge in [0.1, 0.15) is 12.4 Å². The highest BCUT2D eigenvalue weighted by molar-refractivity contribution is 8.18. The number of carbonyl (C=O) groups excluding carboxylic acids is 3. The second-order valence-electron chi connectivity index (χ2n) is 7.42. The van der Waals surface area contributed by atoms with Crippen molar-refractivity contribution in [2.75, 3.05) is 20.3 Å². The van der Waals surface area contributed by atoms with Gasteiger partial charge in [0.25, 0.3) is 11.1 Å². The first-order valence-corrected chi connectivity index (χ1v) is 12.2. The maximum atomic E-state index is 12.8. The fourth-order valence-electron chi connectivity index (χ4n) is 3.26. The molecule has 0 saturated carbocycles. The lowest BCUT2D eigenvalue weighted by Gasteiger charge is -2.13. The SMILES string of the molecule is COc1ccc(/C=C2\SC(=O)N(CCOc3ccccc3Cl)C2=O)cc1OC(=O)c1ccc(Cl)cc1. The quantitative estimate of drug-likeness (QED) is 0.186. The zero-order chi connectivity index (χ0) is 25.7. The Morgan fingerprint density at radius 3 is 2.44 bits per heavy atom. The van der Waals surface area contributed by atoms with Crippen LogP contribution in [0.5, 0.6) is 17.2 Å². The summed E-state index contributed by atoms with van der Waals surface area (Å²) in [6, 6.07) is 18.1. The van der Waals surface area contributed by atoms with E-state index in [-0.39, 0.29) is 23.8 Å². The number of nitrogens with zero attached hydrogens (tertiary/aromatic N) is 1. The summed E-state index contributed by atoms with van der Waals surface area (Å²) in [5.74, 6) is -0.0670. The monoisotopic (exact) mass is 543 g/mol. The van der Waals surface area contributed by atoms with E-state index < -0.39 is 17.1 Å². The van der Waals surface area contributed by atoms with E-state index in [0.29, 0.717) is 32.7 Å². The first kappa shape index (κ1) is 25.6. The van der Waals surface area contributed by atoms with E-state index in [1.807, 2.05) is 0 Å². The summed E-state index contributed by atoms with van der Waals surface area (Å²) in [6.07, 6.45) is 1.55. The molecule has 1 fully saturated rings. The van der Waals surface area contributed by atoms with E-state index in [1.54, 1.807) is 72.8 Å². The second kappa shape index (κ2) is 11.5. The lowest BCUT2D eigenvalue weighted by Crippen LogP contribution is -2.32. The lowest BCUT2D eigenvalue weighted by atomic mass is 10.1. The Labute approximate surface area is 221 Å². The highest BCUT2D eigenvalue weighted by atomic mass is 35.5. The minimum Gasteiger partial charge on any atom is -0.493 e. The maximum absolute atomic E-state index is 12.8. The van der Waals surface area contributed by atoms with Crippen molar-refractivity contribution in [3.63, 3.8) is 0 Å². The van der Waals surface area contributed by atoms with Gasteiger partial charge in [-0.25, -0.2) is 4.79 Å². The Morgan fingerprint density at radius 2 is 1.72 bits per heavy atom. The van der Waals surface area contributed by atoms with E-state index in [0.717, 1.165) is 16.7 Å². The van der Waals surface area contributed by atoms with Crippen LogP contribution < -0.4 is 14.2 Å². The van der Waals surface area contributed by atoms with Gasteiger partial charge >= 0.3 is 5.97 Å². The average Bonchev–Trinajstić information content (AvgIpc) is 3.13. The molecular formula is C26H19Cl2NO6S. The number of methoxy groups -OCH3 is 1. The number of para-hydroxylation sites is 1. The smallest absolute Gasteiger partial charge is 0.343 e. The van der Waals surface area contributed by atoms with Gasteiger partial charge in [-0.1, -0.05) is 41.4 Å². The molecule has 1 heterocycles. The summed E-state index contributed by atoms with van der Waals surface area (Å²) in [6.45, 7) is 0.169. The Morgan fingerprint density at radius 1 is 0.972 bits per heavy atom. The van der Waals surface area contributed by atoms with Crippen LogP contribution >= 0.6 is 35.0 Å². The molecule has 184 valence electrons. The molecule has 2 amide bonds. The number of esters is 1. The van der Waals surface area contributed by atoms with Gasteiger partial charge in [-0.2, -0.15) is 0 Å². The second-order valence-corrected chi connectivity index (χ2v) is 9.26. The van der Waals surface area contributed by atoms with Crippen LogP contribution in [0.3, 0.4) is 0 Å². The molecule has 0 spiro atoms. The predicted octanol–water partition coefficient (Wildman–Crippen LogP) is 6.34. The first-order chi connectivity index (χ1) is 17.4. The Hall–Kier alpha value is -3.46. The van der Waals surface area contributed by atoms with Gasteiger partial charge in [-0.05, 0) is 71.9 Å². The van der Waals surface area contributed by atoms with Crippen molar-refractivity contribution in [2.45, 2.75) is 0 Å². The number of benzene rings is 3. The minimum atomic E-state index is -0.596. The van der Waals surface area contributed by atoms with Crippen molar-refractivity contribution in [2.24, 2.45) is 0 Å². The normalized spacial score (nSPS) is 14.3. The van der Waals surface area contributed by atoms with Gasteiger partial charge < -0.3 is 14.2 Å². The third kappa shape index (κ3) is 6.02. The highest BCUT2D eigenvalue weighted by Gasteiger charge is 2.35. The third-order valence-electron chi connectivity index (χ3n) is 5.05. The number of halogens is 2. The van der Waals surface area contributed by atoms with Crippen LogP contribution in [0.1, 0.15) is 15.9 Å². The molecule has 0 unspecified atom stereocenters. The number of imide groups is 1. The van der Waals surface area contributed by atoms with Gasteiger partial charge in [-0.3, -0.25) is 14.5 Å². The molecule has 0 atom stereocenters. The van der Waals surface area contributed by atoms with E-state index in [9.17, 15) is 14.4 Å².